The molecular formula is C25H34N4O2. The highest BCUT2D eigenvalue weighted by atomic mass is 16.2. The summed E-state index contributed by atoms with van der Waals surface area (Å²) in [4.78, 5) is 32.2. The summed E-state index contributed by atoms with van der Waals surface area (Å²) in [6, 6.07) is 15.6. The van der Waals surface area contributed by atoms with Gasteiger partial charge in [0.15, 0.2) is 0 Å². The third-order valence-electron chi connectivity index (χ3n) is 6.14. The fraction of sp³-hybridized carbons (Fsp3) is 0.440. The van der Waals surface area contributed by atoms with Crippen LogP contribution < -0.4 is 10.6 Å². The van der Waals surface area contributed by atoms with E-state index in [-0.39, 0.29) is 17.7 Å². The van der Waals surface area contributed by atoms with Gasteiger partial charge in [-0.3, -0.25) is 9.59 Å². The van der Waals surface area contributed by atoms with Crippen molar-refractivity contribution < 1.29 is 9.59 Å². The van der Waals surface area contributed by atoms with Crippen LogP contribution in [0.1, 0.15) is 49.0 Å². The van der Waals surface area contributed by atoms with E-state index in [1.165, 1.54) is 0 Å². The van der Waals surface area contributed by atoms with Crippen molar-refractivity contribution in [2.24, 2.45) is 0 Å². The third-order valence-corrected chi connectivity index (χ3v) is 6.14. The molecule has 0 aliphatic carbocycles. The van der Waals surface area contributed by atoms with Crippen LogP contribution in [0.25, 0.3) is 0 Å². The number of anilines is 2. The lowest BCUT2D eigenvalue weighted by atomic mass is 9.94. The molecule has 0 spiro atoms. The number of hydrogen-bond donors (Lipinski definition) is 1. The second-order valence-electron chi connectivity index (χ2n) is 7.94. The van der Waals surface area contributed by atoms with Crippen molar-refractivity contribution >= 4 is 23.2 Å². The van der Waals surface area contributed by atoms with Crippen LogP contribution in [0, 0.1) is 0 Å². The maximum absolute atomic E-state index is 13.2. The van der Waals surface area contributed by atoms with Gasteiger partial charge in [-0.15, -0.1) is 0 Å². The van der Waals surface area contributed by atoms with Crippen molar-refractivity contribution in [3.8, 4) is 0 Å². The van der Waals surface area contributed by atoms with Crippen LogP contribution >= 0.6 is 0 Å². The number of nitrogens with zero attached hydrogens (tertiary/aromatic N) is 3. The summed E-state index contributed by atoms with van der Waals surface area (Å²) in [5, 5.41) is 0. The van der Waals surface area contributed by atoms with E-state index in [9.17, 15) is 9.59 Å². The van der Waals surface area contributed by atoms with Gasteiger partial charge in [-0.2, -0.15) is 0 Å². The van der Waals surface area contributed by atoms with Gasteiger partial charge in [0.25, 0.3) is 5.91 Å². The summed E-state index contributed by atoms with van der Waals surface area (Å²) < 4.78 is 0. The topological polar surface area (TPSA) is 69.9 Å². The number of carbonyl (C=O) groups is 2. The Morgan fingerprint density at radius 2 is 1.61 bits per heavy atom. The molecule has 1 saturated heterocycles. The Morgan fingerprint density at radius 3 is 2.19 bits per heavy atom. The quantitative estimate of drug-likeness (QED) is 0.692. The van der Waals surface area contributed by atoms with E-state index in [1.54, 1.807) is 6.07 Å². The molecule has 2 N–H and O–H groups in total. The van der Waals surface area contributed by atoms with E-state index in [2.05, 4.69) is 11.8 Å². The number of carbonyl (C=O) groups excluding carboxylic acids is 2. The predicted octanol–water partition coefficient (Wildman–Crippen LogP) is 3.59. The number of amides is 2. The van der Waals surface area contributed by atoms with Crippen LogP contribution in [0.2, 0.25) is 0 Å². The lowest BCUT2D eigenvalue weighted by Crippen LogP contribution is -2.50. The first-order valence-corrected chi connectivity index (χ1v) is 11.3. The summed E-state index contributed by atoms with van der Waals surface area (Å²) in [5.74, 6) is 0.0788. The highest BCUT2D eigenvalue weighted by Crippen LogP contribution is 2.27. The average Bonchev–Trinajstić information content (AvgIpc) is 2.81. The number of hydrogen-bond acceptors (Lipinski definition) is 4. The van der Waals surface area contributed by atoms with Gasteiger partial charge in [-0.1, -0.05) is 37.3 Å². The molecular weight excluding hydrogens is 388 g/mol. The third kappa shape index (κ3) is 5.01. The van der Waals surface area contributed by atoms with Crippen LogP contribution in [0.5, 0.6) is 0 Å². The fourth-order valence-corrected chi connectivity index (χ4v) is 4.31. The molecule has 1 aliphatic rings. The minimum atomic E-state index is -0.107. The maximum atomic E-state index is 13.2. The Morgan fingerprint density at radius 1 is 0.968 bits per heavy atom. The zero-order valence-corrected chi connectivity index (χ0v) is 18.9. The molecule has 0 saturated carbocycles. The number of piperazine rings is 1. The van der Waals surface area contributed by atoms with Crippen molar-refractivity contribution in [3.63, 3.8) is 0 Å². The molecule has 6 nitrogen and oxygen atoms in total. The Labute approximate surface area is 185 Å². The Kier molecular flexibility index (Phi) is 7.55. The molecule has 1 atom stereocenters. The van der Waals surface area contributed by atoms with E-state index >= 15 is 0 Å². The molecule has 2 aromatic rings. The molecule has 0 aromatic heterocycles. The largest absolute Gasteiger partial charge is 0.399 e. The first-order valence-electron chi connectivity index (χ1n) is 11.3. The van der Waals surface area contributed by atoms with E-state index in [1.807, 2.05) is 66.1 Å². The highest BCUT2D eigenvalue weighted by Gasteiger charge is 2.29. The monoisotopic (exact) mass is 422 g/mol. The molecule has 31 heavy (non-hydrogen) atoms. The zero-order chi connectivity index (χ0) is 22.4. The van der Waals surface area contributed by atoms with Crippen molar-refractivity contribution in [2.75, 3.05) is 49.9 Å². The summed E-state index contributed by atoms with van der Waals surface area (Å²) >= 11 is 0. The van der Waals surface area contributed by atoms with E-state index in [4.69, 9.17) is 5.73 Å². The smallest absolute Gasteiger partial charge is 0.256 e. The summed E-state index contributed by atoms with van der Waals surface area (Å²) in [6.07, 6.45) is 0.781. The molecule has 6 heteroatoms. The van der Waals surface area contributed by atoms with Gasteiger partial charge in [0, 0.05) is 50.6 Å². The minimum absolute atomic E-state index is 0.000862. The second-order valence-corrected chi connectivity index (χ2v) is 7.94. The van der Waals surface area contributed by atoms with Crippen molar-refractivity contribution in [2.45, 2.75) is 33.1 Å². The van der Waals surface area contributed by atoms with Gasteiger partial charge in [0.1, 0.15) is 0 Å². The maximum Gasteiger partial charge on any atom is 0.256 e. The lowest BCUT2D eigenvalue weighted by Gasteiger charge is -2.38. The van der Waals surface area contributed by atoms with Crippen LogP contribution in [-0.2, 0) is 4.79 Å². The van der Waals surface area contributed by atoms with Crippen LogP contribution in [-0.4, -0.2) is 60.9 Å². The van der Waals surface area contributed by atoms with Crippen molar-refractivity contribution in [3.05, 3.63) is 59.7 Å². The Hall–Kier alpha value is -3.02. The molecule has 2 aromatic carbocycles. The minimum Gasteiger partial charge on any atom is -0.399 e. The fourth-order valence-electron chi connectivity index (χ4n) is 4.31. The van der Waals surface area contributed by atoms with Gasteiger partial charge in [-0.05, 0) is 44.0 Å². The predicted molar refractivity (Wildman–Crippen MR) is 126 cm³/mol. The standard InChI is InChI=1S/C25H34N4O2/c1-4-21(19-10-8-7-9-11-19)24(30)29-16-14-28(15-17-29)23-13-12-20(26)18-22(23)25(31)27(5-2)6-3/h7-13,18,21H,4-6,14-17,26H2,1-3H3. The van der Waals surface area contributed by atoms with Gasteiger partial charge < -0.3 is 20.4 Å². The SMILES string of the molecule is CCC(C(=O)N1CCN(c2ccc(N)cc2C(=O)N(CC)CC)CC1)c1ccccc1. The van der Waals surface area contributed by atoms with Gasteiger partial charge >= 0.3 is 0 Å². The molecule has 0 radical (unpaired) electrons. The highest BCUT2D eigenvalue weighted by molar-refractivity contribution is 6.00. The summed E-state index contributed by atoms with van der Waals surface area (Å²) in [6.45, 7) is 10.0. The van der Waals surface area contributed by atoms with Gasteiger partial charge in [-0.25, -0.2) is 0 Å². The molecule has 2 amide bonds. The first-order chi connectivity index (χ1) is 15.0. The van der Waals surface area contributed by atoms with E-state index < -0.39 is 0 Å². The Balaban J connectivity index is 1.74. The first kappa shape index (κ1) is 22.7. The molecule has 1 fully saturated rings. The van der Waals surface area contributed by atoms with Gasteiger partial charge in [0.2, 0.25) is 5.91 Å². The number of benzene rings is 2. The zero-order valence-electron chi connectivity index (χ0n) is 18.9. The molecule has 1 unspecified atom stereocenters. The normalized spacial score (nSPS) is 14.9. The molecule has 166 valence electrons. The van der Waals surface area contributed by atoms with Gasteiger partial charge in [0.05, 0.1) is 11.5 Å². The van der Waals surface area contributed by atoms with Crippen LogP contribution in [0.15, 0.2) is 48.5 Å². The second kappa shape index (κ2) is 10.3. The van der Waals surface area contributed by atoms with E-state index in [0.29, 0.717) is 50.5 Å². The van der Waals surface area contributed by atoms with Crippen molar-refractivity contribution in [1.82, 2.24) is 9.80 Å². The lowest BCUT2D eigenvalue weighted by molar-refractivity contribution is -0.133. The number of rotatable bonds is 7. The number of nitrogens with two attached hydrogens (primary N) is 1. The molecule has 1 heterocycles. The summed E-state index contributed by atoms with van der Waals surface area (Å²) in [7, 11) is 0. The molecule has 3 rings (SSSR count). The Bertz CT molecular complexity index is 888. The van der Waals surface area contributed by atoms with E-state index in [0.717, 1.165) is 17.7 Å². The molecule has 0 bridgehead atoms. The number of nitrogen functional groups attached to an aromatic ring is 1. The van der Waals surface area contributed by atoms with Crippen molar-refractivity contribution in [1.29, 1.82) is 0 Å². The average molecular weight is 423 g/mol. The molecule has 1 aliphatic heterocycles. The summed E-state index contributed by atoms with van der Waals surface area (Å²) in [5.41, 5.74) is 9.19. The van der Waals surface area contributed by atoms with Crippen LogP contribution in [0.4, 0.5) is 11.4 Å². The van der Waals surface area contributed by atoms with Crippen LogP contribution in [0.3, 0.4) is 0 Å².